The minimum absolute atomic E-state index is 0.0339. The number of hydrogen-bond donors (Lipinski definition) is 2. The van der Waals surface area contributed by atoms with E-state index in [0.717, 1.165) is 0 Å². The van der Waals surface area contributed by atoms with Gasteiger partial charge in [-0.05, 0) is 50.2 Å². The van der Waals surface area contributed by atoms with Gasteiger partial charge in [0.05, 0.1) is 27.9 Å². The molecule has 2 amide bonds. The van der Waals surface area contributed by atoms with Crippen molar-refractivity contribution >= 4 is 45.9 Å². The average Bonchev–Trinajstić information content (AvgIpc) is 2.83. The summed E-state index contributed by atoms with van der Waals surface area (Å²) in [4.78, 5) is 43.1. The molecule has 1 aromatic heterocycles. The lowest BCUT2D eigenvalue weighted by Gasteiger charge is -2.16. The van der Waals surface area contributed by atoms with Crippen LogP contribution in [0, 0.1) is 0 Å². The van der Waals surface area contributed by atoms with E-state index in [2.05, 4.69) is 15.6 Å². The maximum atomic E-state index is 13.0. The fraction of sp³-hybridized carbons (Fsp3) is 0.154. The molecular formula is C26H24N4O3S. The lowest BCUT2D eigenvalue weighted by atomic mass is 10.1. The Labute approximate surface area is 201 Å². The molecule has 0 aliphatic carbocycles. The van der Waals surface area contributed by atoms with Crippen LogP contribution in [0.15, 0.2) is 88.8 Å². The van der Waals surface area contributed by atoms with E-state index in [0.29, 0.717) is 33.0 Å². The second-order valence-corrected chi connectivity index (χ2v) is 8.83. The van der Waals surface area contributed by atoms with Crippen molar-refractivity contribution in [3.8, 4) is 0 Å². The monoisotopic (exact) mass is 472 g/mol. The molecule has 0 aliphatic heterocycles. The molecule has 34 heavy (non-hydrogen) atoms. The Morgan fingerprint density at radius 3 is 2.35 bits per heavy atom. The lowest BCUT2D eigenvalue weighted by Crippen LogP contribution is -2.26. The molecule has 0 spiro atoms. The number of carbonyl (C=O) groups is 2. The minimum Gasteiger partial charge on any atom is -0.325 e. The smallest absolute Gasteiger partial charge is 0.262 e. The number of aromatic nitrogens is 2. The summed E-state index contributed by atoms with van der Waals surface area (Å²) in [6.07, 6.45) is 0. The van der Waals surface area contributed by atoms with Gasteiger partial charge in [-0.25, -0.2) is 4.98 Å². The molecule has 0 radical (unpaired) electrons. The van der Waals surface area contributed by atoms with Gasteiger partial charge < -0.3 is 10.6 Å². The highest BCUT2D eigenvalue weighted by atomic mass is 32.2. The molecular weight excluding hydrogens is 448 g/mol. The van der Waals surface area contributed by atoms with Crippen LogP contribution in [-0.4, -0.2) is 27.1 Å². The van der Waals surface area contributed by atoms with Crippen molar-refractivity contribution in [2.24, 2.45) is 0 Å². The van der Waals surface area contributed by atoms with Gasteiger partial charge in [0, 0.05) is 11.7 Å². The van der Waals surface area contributed by atoms with Crippen molar-refractivity contribution in [3.63, 3.8) is 0 Å². The maximum Gasteiger partial charge on any atom is 0.262 e. The maximum absolute atomic E-state index is 13.0. The Kier molecular flexibility index (Phi) is 7.08. The van der Waals surface area contributed by atoms with Crippen LogP contribution < -0.4 is 16.2 Å². The second-order valence-electron chi connectivity index (χ2n) is 7.88. The number of para-hydroxylation sites is 3. The highest BCUT2D eigenvalue weighted by Crippen LogP contribution is 2.22. The zero-order chi connectivity index (χ0) is 24.1. The first-order valence-corrected chi connectivity index (χ1v) is 11.8. The van der Waals surface area contributed by atoms with Crippen molar-refractivity contribution in [3.05, 3.63) is 94.8 Å². The number of nitrogens with zero attached hydrogens (tertiary/aromatic N) is 2. The van der Waals surface area contributed by atoms with Crippen molar-refractivity contribution in [2.45, 2.75) is 25.0 Å². The predicted octanol–water partition coefficient (Wildman–Crippen LogP) is 4.96. The highest BCUT2D eigenvalue weighted by Gasteiger charge is 2.17. The van der Waals surface area contributed by atoms with Crippen LogP contribution in [0.3, 0.4) is 0 Å². The van der Waals surface area contributed by atoms with Gasteiger partial charge >= 0.3 is 0 Å². The standard InChI is InChI=1S/C26H24N4O3S/c1-17(2)30-25(33)20-13-7-9-15-22(20)29-26(30)34-16-23(31)28-21-14-8-6-12-19(21)24(32)27-18-10-4-3-5-11-18/h3-15,17H,16H2,1-2H3,(H,27,32)(H,28,31). The quantitative estimate of drug-likeness (QED) is 0.293. The van der Waals surface area contributed by atoms with Crippen molar-refractivity contribution in [2.75, 3.05) is 16.4 Å². The van der Waals surface area contributed by atoms with E-state index in [1.165, 1.54) is 11.8 Å². The third kappa shape index (κ3) is 5.18. The molecule has 0 saturated heterocycles. The summed E-state index contributed by atoms with van der Waals surface area (Å²) in [5.41, 5.74) is 1.89. The largest absolute Gasteiger partial charge is 0.325 e. The first-order valence-electron chi connectivity index (χ1n) is 10.8. The molecule has 0 bridgehead atoms. The first-order chi connectivity index (χ1) is 16.4. The number of amides is 2. The summed E-state index contributed by atoms with van der Waals surface area (Å²) >= 11 is 1.19. The topological polar surface area (TPSA) is 93.1 Å². The van der Waals surface area contributed by atoms with Gasteiger partial charge in [0.25, 0.3) is 11.5 Å². The third-order valence-electron chi connectivity index (χ3n) is 5.10. The average molecular weight is 473 g/mol. The van der Waals surface area contributed by atoms with Gasteiger partial charge in [-0.1, -0.05) is 54.2 Å². The van der Waals surface area contributed by atoms with Gasteiger partial charge in [0.2, 0.25) is 5.91 Å². The van der Waals surface area contributed by atoms with E-state index >= 15 is 0 Å². The van der Waals surface area contributed by atoms with Crippen molar-refractivity contribution in [1.29, 1.82) is 0 Å². The summed E-state index contributed by atoms with van der Waals surface area (Å²) in [6, 6.07) is 23.0. The number of benzene rings is 3. The molecule has 8 heteroatoms. The Morgan fingerprint density at radius 2 is 1.59 bits per heavy atom. The summed E-state index contributed by atoms with van der Waals surface area (Å²) in [6.45, 7) is 3.81. The predicted molar refractivity (Wildman–Crippen MR) is 137 cm³/mol. The van der Waals surface area contributed by atoms with E-state index in [1.54, 1.807) is 53.1 Å². The molecule has 4 rings (SSSR count). The molecule has 1 heterocycles. The number of hydrogen-bond acceptors (Lipinski definition) is 5. The van der Waals surface area contributed by atoms with E-state index in [1.807, 2.05) is 44.2 Å². The lowest BCUT2D eigenvalue weighted by molar-refractivity contribution is -0.113. The molecule has 0 unspecified atom stereocenters. The molecule has 0 saturated carbocycles. The number of nitrogens with one attached hydrogen (secondary N) is 2. The Morgan fingerprint density at radius 1 is 0.912 bits per heavy atom. The van der Waals surface area contributed by atoms with E-state index in [-0.39, 0.29) is 29.2 Å². The number of thioether (sulfide) groups is 1. The zero-order valence-electron chi connectivity index (χ0n) is 18.8. The van der Waals surface area contributed by atoms with Crippen molar-refractivity contribution < 1.29 is 9.59 Å². The normalized spacial score (nSPS) is 10.9. The SMILES string of the molecule is CC(C)n1c(SCC(=O)Nc2ccccc2C(=O)Nc2ccccc2)nc2ccccc2c1=O. The first kappa shape index (κ1) is 23.3. The third-order valence-corrected chi connectivity index (χ3v) is 6.05. The Hall–Kier alpha value is -3.91. The number of anilines is 2. The number of rotatable bonds is 7. The van der Waals surface area contributed by atoms with Gasteiger partial charge in [-0.15, -0.1) is 0 Å². The number of fused-ring (bicyclic) bond motifs is 1. The summed E-state index contributed by atoms with van der Waals surface area (Å²) in [5.74, 6) is -0.589. The second kappa shape index (κ2) is 10.4. The molecule has 7 nitrogen and oxygen atoms in total. The van der Waals surface area contributed by atoms with Crippen LogP contribution in [0.25, 0.3) is 10.9 Å². The molecule has 172 valence electrons. The minimum atomic E-state index is -0.320. The summed E-state index contributed by atoms with van der Waals surface area (Å²) in [7, 11) is 0. The molecule has 2 N–H and O–H groups in total. The van der Waals surface area contributed by atoms with E-state index < -0.39 is 0 Å². The zero-order valence-corrected chi connectivity index (χ0v) is 19.6. The van der Waals surface area contributed by atoms with Crippen LogP contribution in [0.2, 0.25) is 0 Å². The van der Waals surface area contributed by atoms with Crippen LogP contribution in [0.4, 0.5) is 11.4 Å². The molecule has 0 atom stereocenters. The Bertz CT molecular complexity index is 1400. The molecule has 3 aromatic carbocycles. The molecule has 0 fully saturated rings. The highest BCUT2D eigenvalue weighted by molar-refractivity contribution is 7.99. The Balaban J connectivity index is 1.50. The summed E-state index contributed by atoms with van der Waals surface area (Å²) < 4.78 is 1.60. The fourth-order valence-corrected chi connectivity index (χ4v) is 4.44. The molecule has 0 aliphatic rings. The van der Waals surface area contributed by atoms with E-state index in [9.17, 15) is 14.4 Å². The van der Waals surface area contributed by atoms with Gasteiger partial charge in [0.15, 0.2) is 5.16 Å². The summed E-state index contributed by atoms with van der Waals surface area (Å²) in [5, 5.41) is 6.66. The number of carbonyl (C=O) groups excluding carboxylic acids is 2. The van der Waals surface area contributed by atoms with Gasteiger partial charge in [-0.3, -0.25) is 19.0 Å². The fourth-order valence-electron chi connectivity index (χ4n) is 3.51. The van der Waals surface area contributed by atoms with Gasteiger partial charge in [0.1, 0.15) is 0 Å². The van der Waals surface area contributed by atoms with Crippen LogP contribution in [0.5, 0.6) is 0 Å². The molecule has 4 aromatic rings. The van der Waals surface area contributed by atoms with Gasteiger partial charge in [-0.2, -0.15) is 0 Å². The van der Waals surface area contributed by atoms with Crippen LogP contribution >= 0.6 is 11.8 Å². The van der Waals surface area contributed by atoms with Crippen molar-refractivity contribution in [1.82, 2.24) is 9.55 Å². The van der Waals surface area contributed by atoms with E-state index in [4.69, 9.17) is 0 Å². The van der Waals surface area contributed by atoms with Crippen LogP contribution in [-0.2, 0) is 4.79 Å². The van der Waals surface area contributed by atoms with Crippen LogP contribution in [0.1, 0.15) is 30.2 Å².